The first-order valence-electron chi connectivity index (χ1n) is 54.8. The first-order chi connectivity index (χ1) is 71.8. The molecule has 0 saturated heterocycles. The third kappa shape index (κ3) is 25.9. The van der Waals surface area contributed by atoms with Crippen LogP contribution in [-0.4, -0.2) is 147 Å². The van der Waals surface area contributed by atoms with Gasteiger partial charge in [0.1, 0.15) is 0 Å². The van der Waals surface area contributed by atoms with Crippen LogP contribution in [0.5, 0.6) is 0 Å². The molecule has 0 N–H and O–H groups in total. The topological polar surface area (TPSA) is 0 Å². The van der Waals surface area contributed by atoms with Crippen molar-refractivity contribution >= 4 is 211 Å². The standard InChI is InChI=1S/18C6H5.C5H10.6C4H8.8Sn/c18*1-2-4-6-5-3-1;1-3-5-4-2;6*1-3-4-2;;;;;;;;/h18*1-5H;1-5H2;6*1-4H2;;;;;;;;. The zero-order valence-corrected chi connectivity index (χ0v) is 108. The van der Waals surface area contributed by atoms with E-state index in [-0.39, 0.29) is 0 Å². The van der Waals surface area contributed by atoms with Crippen molar-refractivity contribution in [1.82, 2.24) is 0 Å². The van der Waals surface area contributed by atoms with E-state index in [9.17, 15) is 0 Å². The molecule has 0 bridgehead atoms. The molecule has 18 aromatic carbocycles. The van der Waals surface area contributed by atoms with E-state index in [2.05, 4.69) is 546 Å². The van der Waals surface area contributed by atoms with Gasteiger partial charge in [0.2, 0.25) is 0 Å². The molecule has 0 aliphatic carbocycles. The van der Waals surface area contributed by atoms with Crippen molar-refractivity contribution in [1.29, 1.82) is 0 Å². The molecule has 8 heteroatoms. The predicted molar refractivity (Wildman–Crippen MR) is 652 cm³/mol. The minimum absolute atomic E-state index is 1.28. The summed E-state index contributed by atoms with van der Waals surface area (Å²) < 4.78 is 48.8. The van der Waals surface area contributed by atoms with Crippen LogP contribution in [-0.2, 0) is 0 Å². The van der Waals surface area contributed by atoms with Gasteiger partial charge in [-0.25, -0.2) is 0 Å². The van der Waals surface area contributed by atoms with Crippen molar-refractivity contribution in [2.24, 2.45) is 0 Å². The van der Waals surface area contributed by atoms with Crippen LogP contribution in [0.15, 0.2) is 546 Å². The van der Waals surface area contributed by atoms with Gasteiger partial charge in [-0.15, -0.1) is 0 Å². The van der Waals surface area contributed by atoms with E-state index in [1.807, 2.05) is 0 Å². The van der Waals surface area contributed by atoms with Gasteiger partial charge in [-0.3, -0.25) is 0 Å². The number of hydrogen-bond acceptors (Lipinski definition) is 0. The fraction of sp³-hybridized carbons (Fsp3) is 0.212. The van der Waals surface area contributed by atoms with Crippen LogP contribution in [0.25, 0.3) is 0 Å². The normalized spacial score (nSPS) is 12.2. The van der Waals surface area contributed by atoms with Crippen molar-refractivity contribution in [2.75, 3.05) is 0 Å². The van der Waals surface area contributed by atoms with Crippen LogP contribution in [0, 0.1) is 0 Å². The van der Waals surface area contributed by atoms with E-state index >= 15 is 0 Å². The first-order valence-corrected chi connectivity index (χ1v) is 109. The van der Waals surface area contributed by atoms with Gasteiger partial charge in [0.05, 0.1) is 0 Å². The molecular formula is C137H148Sn8. The fourth-order valence-electron chi connectivity index (χ4n) is 26.6. The Morgan fingerprint density at radius 1 is 0.0759 bits per heavy atom. The Kier molecular flexibility index (Phi) is 40.6. The van der Waals surface area contributed by atoms with Crippen LogP contribution in [0.4, 0.5) is 0 Å². The van der Waals surface area contributed by atoms with Crippen LogP contribution in [0.3, 0.4) is 0 Å². The first kappa shape index (κ1) is 107. The quantitative estimate of drug-likeness (QED) is 0.0263. The summed E-state index contributed by atoms with van der Waals surface area (Å²) in [5.41, 5.74) is 0. The molecule has 0 spiro atoms. The summed E-state index contributed by atoms with van der Waals surface area (Å²) >= 11 is -28.8. The van der Waals surface area contributed by atoms with Gasteiger partial charge in [0.25, 0.3) is 0 Å². The van der Waals surface area contributed by atoms with Gasteiger partial charge in [0, 0.05) is 0 Å². The van der Waals surface area contributed by atoms with Crippen molar-refractivity contribution in [3.8, 4) is 0 Å². The fourth-order valence-corrected chi connectivity index (χ4v) is 142. The second-order valence-corrected chi connectivity index (χ2v) is 140. The van der Waals surface area contributed by atoms with Crippen molar-refractivity contribution in [3.05, 3.63) is 546 Å². The summed E-state index contributed by atoms with van der Waals surface area (Å²) in [6.45, 7) is 0. The van der Waals surface area contributed by atoms with Crippen LogP contribution in [0.2, 0.25) is 62.1 Å². The van der Waals surface area contributed by atoms with Gasteiger partial charge in [-0.1, -0.05) is 0 Å². The second kappa shape index (κ2) is 54.9. The Bertz CT molecular complexity index is 5080. The van der Waals surface area contributed by atoms with Gasteiger partial charge >= 0.3 is 916 Å². The SMILES string of the molecule is c1cc[c]([Sn]([CH2]CC[CH2][Sn]([CH2]CCC[CH2][Sn]([CH2]CC[CH2][Sn]([c]2ccccc2)([c]2ccccc2)[c]2ccccc2)([CH2]CC[CH2][Sn]([c]2ccccc2)([c]2ccccc2)[c]2ccccc2)[CH2]CC[CH2][Sn]([c]2ccccc2)([c]2ccccc2)[c]2ccccc2)([CH2]CC[CH2][Sn]([c]2ccccc2)([c]2ccccc2)[c]2ccccc2)[CH2]CC[CH2][Sn]([c]2ccccc2)([c]2ccccc2)[c]2ccccc2)([c]2ccccc2)[c]2ccccc2)cc1. The van der Waals surface area contributed by atoms with Gasteiger partial charge in [-0.2, -0.15) is 0 Å². The summed E-state index contributed by atoms with van der Waals surface area (Å²) in [5, 5.41) is 0. The summed E-state index contributed by atoms with van der Waals surface area (Å²) in [6.07, 6.45) is 19.8. The van der Waals surface area contributed by atoms with Crippen LogP contribution >= 0.6 is 0 Å². The van der Waals surface area contributed by atoms with E-state index in [4.69, 9.17) is 0 Å². The number of rotatable bonds is 54. The summed E-state index contributed by atoms with van der Waals surface area (Å²) in [4.78, 5) is 0. The van der Waals surface area contributed by atoms with Crippen molar-refractivity contribution in [2.45, 2.75) is 158 Å². The maximum absolute atomic E-state index is 3.67. The second-order valence-electron chi connectivity index (χ2n) is 41.8. The summed E-state index contributed by atoms with van der Waals surface area (Å²) in [6, 6.07) is 217. The molecule has 728 valence electrons. The molecule has 0 saturated carbocycles. The third-order valence-corrected chi connectivity index (χ3v) is 153. The summed E-state index contributed by atoms with van der Waals surface area (Å²) in [5.74, 6) is 0. The van der Waals surface area contributed by atoms with Gasteiger partial charge < -0.3 is 0 Å². The third-order valence-electron chi connectivity index (χ3n) is 33.8. The zero-order valence-electron chi connectivity index (χ0n) is 85.5. The Hall–Kier alpha value is -7.65. The molecule has 0 aromatic heterocycles. The molecular weight excluding hydrogens is 2600 g/mol. The van der Waals surface area contributed by atoms with Crippen molar-refractivity contribution < 1.29 is 0 Å². The maximum atomic E-state index is 2.54. The van der Waals surface area contributed by atoms with Crippen molar-refractivity contribution in [3.63, 3.8) is 0 Å². The molecule has 0 amide bonds. The number of unbranched alkanes of at least 4 members (excludes halogenated alkanes) is 8. The van der Waals surface area contributed by atoms with Gasteiger partial charge in [-0.05, 0) is 0 Å². The van der Waals surface area contributed by atoms with E-state index in [1.54, 1.807) is 64.4 Å². The Morgan fingerprint density at radius 3 is 0.228 bits per heavy atom. The molecule has 0 nitrogen and oxygen atoms in total. The Balaban J connectivity index is 0.737. The molecule has 0 aliphatic heterocycles. The summed E-state index contributed by atoms with van der Waals surface area (Å²) in [7, 11) is 0. The van der Waals surface area contributed by atoms with E-state index in [1.165, 1.54) is 158 Å². The van der Waals surface area contributed by atoms with Crippen LogP contribution in [0.1, 0.15) is 96.3 Å². The monoisotopic (exact) mass is 2750 g/mol. The molecule has 145 heavy (non-hydrogen) atoms. The average molecular weight is 2740 g/mol. The molecule has 0 aliphatic rings. The number of hydrogen-bond donors (Lipinski definition) is 0. The van der Waals surface area contributed by atoms with Gasteiger partial charge in [0.15, 0.2) is 0 Å². The van der Waals surface area contributed by atoms with E-state index in [0.717, 1.165) is 0 Å². The predicted octanol–water partition coefficient (Wildman–Crippen LogP) is 24.8. The molecule has 18 rings (SSSR count). The Morgan fingerprint density at radius 2 is 0.145 bits per heavy atom. The van der Waals surface area contributed by atoms with Crippen LogP contribution < -0.4 is 64.4 Å². The Labute approximate surface area is 903 Å². The molecule has 0 atom stereocenters. The number of benzene rings is 18. The van der Waals surface area contributed by atoms with E-state index < -0.39 is 147 Å². The molecule has 0 unspecified atom stereocenters. The molecule has 0 fully saturated rings. The average Bonchev–Trinajstić information content (AvgIpc) is 0.781. The van der Waals surface area contributed by atoms with E-state index in [0.29, 0.717) is 0 Å². The minimum atomic E-state index is -3.67. The molecule has 18 aromatic rings. The zero-order chi connectivity index (χ0) is 98.5. The molecule has 0 radical (unpaired) electrons. The molecule has 0 heterocycles.